The van der Waals surface area contributed by atoms with E-state index in [1.165, 1.54) is 23.7 Å². The molecule has 23 heavy (non-hydrogen) atoms. The molecule has 0 atom stereocenters. The van der Waals surface area contributed by atoms with E-state index in [-0.39, 0.29) is 0 Å². The molecule has 0 aliphatic rings. The van der Waals surface area contributed by atoms with Crippen LogP contribution in [0.4, 0.5) is 13.2 Å². The first-order chi connectivity index (χ1) is 11.0. The zero-order valence-electron chi connectivity index (χ0n) is 11.9. The van der Waals surface area contributed by atoms with E-state index in [1.807, 2.05) is 6.07 Å². The van der Waals surface area contributed by atoms with Gasteiger partial charge in [0.15, 0.2) is 5.82 Å². The van der Waals surface area contributed by atoms with E-state index in [0.29, 0.717) is 16.2 Å². The summed E-state index contributed by atoms with van der Waals surface area (Å²) < 4.78 is 39.8. The number of aromatic nitrogens is 3. The topological polar surface area (TPSA) is 43.1 Å². The zero-order chi connectivity index (χ0) is 16.4. The molecule has 2 aromatic heterocycles. The third-order valence-electron chi connectivity index (χ3n) is 3.11. The predicted octanol–water partition coefficient (Wildman–Crippen LogP) is 3.55. The standard InChI is InChI=1S/C15H11F3N4S/c1-19-14-21-13(22(23-14)12-3-2-8-20-9-12)10-4-6-11(7-5-10)15(16,17)18/h2-9H,1H3. The van der Waals surface area contributed by atoms with E-state index in [4.69, 9.17) is 0 Å². The van der Waals surface area contributed by atoms with Crippen molar-refractivity contribution in [1.29, 1.82) is 0 Å². The van der Waals surface area contributed by atoms with Crippen molar-refractivity contribution in [3.63, 3.8) is 0 Å². The maximum atomic E-state index is 12.7. The van der Waals surface area contributed by atoms with Gasteiger partial charge in [0.1, 0.15) is 0 Å². The molecular formula is C15H11F3N4S. The summed E-state index contributed by atoms with van der Waals surface area (Å²) in [6, 6.07) is 8.53. The summed E-state index contributed by atoms with van der Waals surface area (Å²) in [6.07, 6.45) is -1.05. The lowest BCUT2D eigenvalue weighted by atomic mass is 10.1. The number of hydrogen-bond acceptors (Lipinski definition) is 4. The molecule has 4 nitrogen and oxygen atoms in total. The summed E-state index contributed by atoms with van der Waals surface area (Å²) in [5.74, 6) is 0.525. The summed E-state index contributed by atoms with van der Waals surface area (Å²) in [6.45, 7) is 0. The highest BCUT2D eigenvalue weighted by Crippen LogP contribution is 2.31. The van der Waals surface area contributed by atoms with Crippen LogP contribution in [-0.4, -0.2) is 21.0 Å². The quantitative estimate of drug-likeness (QED) is 0.718. The lowest BCUT2D eigenvalue weighted by Crippen LogP contribution is -2.04. The Balaban J connectivity index is 2.11. The van der Waals surface area contributed by atoms with Crippen molar-refractivity contribution in [2.75, 3.05) is 7.05 Å². The highest BCUT2D eigenvalue weighted by atomic mass is 32.1. The minimum Gasteiger partial charge on any atom is -0.263 e. The van der Waals surface area contributed by atoms with Crippen molar-refractivity contribution in [2.24, 2.45) is 4.99 Å². The molecule has 0 spiro atoms. The summed E-state index contributed by atoms with van der Waals surface area (Å²) in [5, 5.41) is 0. The smallest absolute Gasteiger partial charge is 0.263 e. The van der Waals surface area contributed by atoms with Gasteiger partial charge in [-0.15, -0.1) is 0 Å². The van der Waals surface area contributed by atoms with Crippen molar-refractivity contribution in [1.82, 2.24) is 13.9 Å². The Morgan fingerprint density at radius 3 is 2.43 bits per heavy atom. The minimum absolute atomic E-state index is 0.525. The Labute approximate surface area is 133 Å². The first-order valence-corrected chi connectivity index (χ1v) is 7.37. The van der Waals surface area contributed by atoms with Crippen LogP contribution in [0, 0.1) is 0 Å². The third kappa shape index (κ3) is 3.16. The number of hydrogen-bond donors (Lipinski definition) is 0. The Bertz CT molecular complexity index is 864. The molecule has 118 valence electrons. The van der Waals surface area contributed by atoms with E-state index in [2.05, 4.69) is 15.0 Å². The number of alkyl halides is 3. The second-order valence-corrected chi connectivity index (χ2v) is 5.53. The van der Waals surface area contributed by atoms with Crippen LogP contribution in [0.5, 0.6) is 0 Å². The van der Waals surface area contributed by atoms with Crippen LogP contribution < -0.4 is 4.80 Å². The average molecular weight is 336 g/mol. The molecular weight excluding hydrogens is 325 g/mol. The van der Waals surface area contributed by atoms with Gasteiger partial charge < -0.3 is 0 Å². The maximum Gasteiger partial charge on any atom is 0.416 e. The number of nitrogens with zero attached hydrogens (tertiary/aromatic N) is 4. The van der Waals surface area contributed by atoms with Crippen LogP contribution in [-0.2, 0) is 6.18 Å². The van der Waals surface area contributed by atoms with E-state index < -0.39 is 11.7 Å². The molecule has 0 saturated heterocycles. The molecule has 2 heterocycles. The summed E-state index contributed by atoms with van der Waals surface area (Å²) in [5.41, 5.74) is 0.660. The SMILES string of the molecule is CN=c1nc(-c2ccc(C(F)(F)F)cc2)n(-c2cccnc2)s1. The van der Waals surface area contributed by atoms with Gasteiger partial charge in [0.2, 0.25) is 4.80 Å². The van der Waals surface area contributed by atoms with Gasteiger partial charge in [0.25, 0.3) is 0 Å². The summed E-state index contributed by atoms with van der Waals surface area (Å²) >= 11 is 1.29. The van der Waals surface area contributed by atoms with Gasteiger partial charge in [-0.3, -0.25) is 9.98 Å². The Morgan fingerprint density at radius 1 is 1.13 bits per heavy atom. The van der Waals surface area contributed by atoms with Gasteiger partial charge in [-0.2, -0.15) is 18.2 Å². The van der Waals surface area contributed by atoms with Crippen molar-refractivity contribution in [2.45, 2.75) is 6.18 Å². The molecule has 0 amide bonds. The molecule has 3 rings (SSSR count). The summed E-state index contributed by atoms with van der Waals surface area (Å²) in [4.78, 5) is 13.0. The van der Waals surface area contributed by atoms with E-state index in [0.717, 1.165) is 17.8 Å². The number of pyridine rings is 1. The third-order valence-corrected chi connectivity index (χ3v) is 4.11. The number of halogens is 3. The van der Waals surface area contributed by atoms with E-state index >= 15 is 0 Å². The van der Waals surface area contributed by atoms with Crippen LogP contribution >= 0.6 is 11.5 Å². The molecule has 0 fully saturated rings. The van der Waals surface area contributed by atoms with Crippen LogP contribution in [0.2, 0.25) is 0 Å². The first kappa shape index (κ1) is 15.4. The van der Waals surface area contributed by atoms with Gasteiger partial charge >= 0.3 is 6.18 Å². The lowest BCUT2D eigenvalue weighted by Gasteiger charge is -2.08. The maximum absolute atomic E-state index is 12.7. The van der Waals surface area contributed by atoms with Gasteiger partial charge in [0, 0.05) is 18.8 Å². The van der Waals surface area contributed by atoms with Crippen molar-refractivity contribution >= 4 is 11.5 Å². The second kappa shape index (κ2) is 5.96. The van der Waals surface area contributed by atoms with E-state index in [1.54, 1.807) is 29.5 Å². The van der Waals surface area contributed by atoms with Gasteiger partial charge in [-0.25, -0.2) is 3.96 Å². The van der Waals surface area contributed by atoms with E-state index in [9.17, 15) is 13.2 Å². The van der Waals surface area contributed by atoms with Gasteiger partial charge in [-0.1, -0.05) is 12.1 Å². The predicted molar refractivity (Wildman–Crippen MR) is 81.2 cm³/mol. The minimum atomic E-state index is -4.36. The molecule has 0 aliphatic heterocycles. The highest BCUT2D eigenvalue weighted by Gasteiger charge is 2.30. The Morgan fingerprint density at radius 2 is 1.87 bits per heavy atom. The molecule has 0 N–H and O–H groups in total. The molecule has 0 aliphatic carbocycles. The van der Waals surface area contributed by atoms with Gasteiger partial charge in [0.05, 0.1) is 17.4 Å². The molecule has 0 bridgehead atoms. The lowest BCUT2D eigenvalue weighted by molar-refractivity contribution is -0.137. The monoisotopic (exact) mass is 336 g/mol. The Kier molecular flexibility index (Phi) is 3.99. The van der Waals surface area contributed by atoms with Crippen molar-refractivity contribution in [3.05, 3.63) is 59.2 Å². The fourth-order valence-electron chi connectivity index (χ4n) is 2.01. The molecule has 8 heteroatoms. The number of rotatable bonds is 2. The molecule has 0 unspecified atom stereocenters. The molecule has 3 aromatic rings. The highest BCUT2D eigenvalue weighted by molar-refractivity contribution is 7.04. The fourth-order valence-corrected chi connectivity index (χ4v) is 2.83. The number of benzene rings is 1. The normalized spacial score (nSPS) is 12.6. The van der Waals surface area contributed by atoms with Crippen LogP contribution in [0.25, 0.3) is 17.1 Å². The summed E-state index contributed by atoms with van der Waals surface area (Å²) in [7, 11) is 1.61. The van der Waals surface area contributed by atoms with Gasteiger partial charge in [-0.05, 0) is 35.8 Å². The van der Waals surface area contributed by atoms with Crippen LogP contribution in [0.15, 0.2) is 53.8 Å². The molecule has 1 aromatic carbocycles. The molecule has 0 radical (unpaired) electrons. The molecule has 0 saturated carbocycles. The second-order valence-electron chi connectivity index (χ2n) is 4.61. The van der Waals surface area contributed by atoms with Crippen molar-refractivity contribution < 1.29 is 13.2 Å². The van der Waals surface area contributed by atoms with Crippen LogP contribution in [0.1, 0.15) is 5.56 Å². The van der Waals surface area contributed by atoms with Crippen molar-refractivity contribution in [3.8, 4) is 17.1 Å². The van der Waals surface area contributed by atoms with Crippen LogP contribution in [0.3, 0.4) is 0 Å². The Hall–Kier alpha value is -2.48. The fraction of sp³-hybridized carbons (Fsp3) is 0.133. The zero-order valence-corrected chi connectivity index (χ0v) is 12.8. The largest absolute Gasteiger partial charge is 0.416 e. The average Bonchev–Trinajstić information content (AvgIpc) is 2.99. The first-order valence-electron chi connectivity index (χ1n) is 6.60.